The second kappa shape index (κ2) is 6.09. The summed E-state index contributed by atoms with van der Waals surface area (Å²) in [7, 11) is -3.54. The summed E-state index contributed by atoms with van der Waals surface area (Å²) in [4.78, 5) is 2.53. The average molecular weight is 345 g/mol. The number of aryl methyl sites for hydroxylation is 1. The quantitative estimate of drug-likeness (QED) is 0.908. The van der Waals surface area contributed by atoms with E-state index in [0.717, 1.165) is 25.1 Å². The van der Waals surface area contributed by atoms with E-state index in [-0.39, 0.29) is 17.0 Å². The van der Waals surface area contributed by atoms with Crippen molar-refractivity contribution in [3.63, 3.8) is 0 Å². The van der Waals surface area contributed by atoms with Gasteiger partial charge < -0.3 is 4.74 Å². The zero-order valence-electron chi connectivity index (χ0n) is 12.8. The van der Waals surface area contributed by atoms with E-state index in [2.05, 4.69) is 9.62 Å². The van der Waals surface area contributed by atoms with Gasteiger partial charge in [0.05, 0.1) is 17.6 Å². The van der Waals surface area contributed by atoms with Gasteiger partial charge in [-0.25, -0.2) is 13.1 Å². The smallest absolute Gasteiger partial charge is 0.240 e. The molecule has 0 radical (unpaired) electrons. The van der Waals surface area contributed by atoms with Crippen molar-refractivity contribution in [1.29, 1.82) is 0 Å². The van der Waals surface area contributed by atoms with Gasteiger partial charge in [-0.15, -0.1) is 0 Å². The largest absolute Gasteiger partial charge is 0.376 e. The molecule has 0 saturated carbocycles. The van der Waals surface area contributed by atoms with E-state index >= 15 is 0 Å². The van der Waals surface area contributed by atoms with Crippen LogP contribution in [0.1, 0.15) is 18.9 Å². The lowest BCUT2D eigenvalue weighted by Gasteiger charge is -2.33. The minimum absolute atomic E-state index is 0.0796. The zero-order chi connectivity index (χ0) is 15.9. The Hall–Kier alpha value is -0.660. The Bertz CT molecular complexity index is 665. The molecule has 1 aromatic rings. The molecule has 22 heavy (non-hydrogen) atoms. The third-order valence-electron chi connectivity index (χ3n) is 4.37. The fraction of sp³-hybridized carbons (Fsp3) is 0.600. The first-order chi connectivity index (χ1) is 10.3. The summed E-state index contributed by atoms with van der Waals surface area (Å²) in [6.07, 6.45) is 0.994. The van der Waals surface area contributed by atoms with Gasteiger partial charge in [0, 0.05) is 30.2 Å². The molecule has 0 aliphatic carbocycles. The van der Waals surface area contributed by atoms with Crippen molar-refractivity contribution in [3.8, 4) is 0 Å². The van der Waals surface area contributed by atoms with E-state index in [1.807, 2.05) is 13.8 Å². The number of rotatable bonds is 3. The third kappa shape index (κ3) is 3.31. The molecule has 7 heteroatoms. The molecular weight excluding hydrogens is 324 g/mol. The fourth-order valence-electron chi connectivity index (χ4n) is 3.15. The van der Waals surface area contributed by atoms with Crippen molar-refractivity contribution in [2.45, 2.75) is 43.4 Å². The molecule has 0 spiro atoms. The van der Waals surface area contributed by atoms with Crippen molar-refractivity contribution in [2.75, 3.05) is 19.7 Å². The topological polar surface area (TPSA) is 58.6 Å². The van der Waals surface area contributed by atoms with Gasteiger partial charge in [0.1, 0.15) is 0 Å². The van der Waals surface area contributed by atoms with E-state index in [4.69, 9.17) is 16.3 Å². The monoisotopic (exact) mass is 344 g/mol. The molecule has 2 heterocycles. The summed E-state index contributed by atoms with van der Waals surface area (Å²) >= 11 is 6.04. The van der Waals surface area contributed by atoms with Gasteiger partial charge in [-0.1, -0.05) is 17.7 Å². The number of halogens is 1. The van der Waals surface area contributed by atoms with Crippen LogP contribution in [0.2, 0.25) is 5.02 Å². The van der Waals surface area contributed by atoms with Crippen LogP contribution in [0.15, 0.2) is 23.1 Å². The first-order valence-electron chi connectivity index (χ1n) is 7.49. The fourth-order valence-corrected chi connectivity index (χ4v) is 4.66. The minimum atomic E-state index is -3.54. The van der Waals surface area contributed by atoms with E-state index < -0.39 is 10.0 Å². The number of hydrogen-bond acceptors (Lipinski definition) is 4. The minimum Gasteiger partial charge on any atom is -0.376 e. The lowest BCUT2D eigenvalue weighted by molar-refractivity contribution is -0.0390. The van der Waals surface area contributed by atoms with Gasteiger partial charge in [0.15, 0.2) is 0 Å². The van der Waals surface area contributed by atoms with Crippen LogP contribution in [-0.2, 0) is 14.8 Å². The number of ether oxygens (including phenoxy) is 1. The van der Waals surface area contributed by atoms with Crippen LogP contribution in [0.25, 0.3) is 0 Å². The highest BCUT2D eigenvalue weighted by molar-refractivity contribution is 7.89. The maximum Gasteiger partial charge on any atom is 0.240 e. The molecule has 3 atom stereocenters. The van der Waals surface area contributed by atoms with E-state index in [0.29, 0.717) is 17.7 Å². The summed E-state index contributed by atoms with van der Waals surface area (Å²) in [5.74, 6) is 0. The molecule has 2 aliphatic heterocycles. The average Bonchev–Trinajstić information content (AvgIpc) is 2.82. The van der Waals surface area contributed by atoms with E-state index in [1.165, 1.54) is 6.07 Å². The number of nitrogens with one attached hydrogen (secondary N) is 1. The zero-order valence-corrected chi connectivity index (χ0v) is 14.3. The summed E-state index contributed by atoms with van der Waals surface area (Å²) < 4.78 is 33.5. The van der Waals surface area contributed by atoms with Crippen molar-refractivity contribution in [2.24, 2.45) is 0 Å². The molecular formula is C15H21ClN2O3S. The maximum absolute atomic E-state index is 12.5. The standard InChI is InChI=1S/C15H21ClN2O3S/c1-10-3-4-14(6-15(10)16)22(19,20)17-12-5-13-9-21-11(2)7-18(13)8-12/h3-4,6,11-13,17H,5,7-9H2,1-2H3/t11-,12-,13-/m0/s1. The summed E-state index contributed by atoms with van der Waals surface area (Å²) in [6.45, 7) is 6.16. The SMILES string of the molecule is Cc1ccc(S(=O)(=O)N[C@H]2C[C@H]3CO[C@@H](C)CN3C2)cc1Cl. The molecule has 5 nitrogen and oxygen atoms in total. The molecule has 0 aromatic heterocycles. The number of morpholine rings is 1. The second-order valence-corrected chi connectivity index (χ2v) is 8.34. The van der Waals surface area contributed by atoms with Crippen molar-refractivity contribution < 1.29 is 13.2 Å². The van der Waals surface area contributed by atoms with Crippen molar-refractivity contribution in [1.82, 2.24) is 9.62 Å². The predicted molar refractivity (Wildman–Crippen MR) is 85.7 cm³/mol. The van der Waals surface area contributed by atoms with Gasteiger partial charge >= 0.3 is 0 Å². The van der Waals surface area contributed by atoms with Crippen LogP contribution in [0.5, 0.6) is 0 Å². The Morgan fingerprint density at radius 2 is 2.14 bits per heavy atom. The Morgan fingerprint density at radius 1 is 1.36 bits per heavy atom. The number of hydrogen-bond donors (Lipinski definition) is 1. The van der Waals surface area contributed by atoms with Gasteiger partial charge in [0.25, 0.3) is 0 Å². The van der Waals surface area contributed by atoms with Gasteiger partial charge in [-0.3, -0.25) is 4.90 Å². The van der Waals surface area contributed by atoms with E-state index in [1.54, 1.807) is 12.1 Å². The highest BCUT2D eigenvalue weighted by atomic mass is 35.5. The first kappa shape index (κ1) is 16.2. The predicted octanol–water partition coefficient (Wildman–Crippen LogP) is 1.79. The van der Waals surface area contributed by atoms with Crippen molar-refractivity contribution in [3.05, 3.63) is 28.8 Å². The highest BCUT2D eigenvalue weighted by Gasteiger charge is 2.37. The second-order valence-electron chi connectivity index (χ2n) is 6.22. The summed E-state index contributed by atoms with van der Waals surface area (Å²) in [5.41, 5.74) is 0.866. The van der Waals surface area contributed by atoms with Crippen molar-refractivity contribution >= 4 is 21.6 Å². The molecule has 2 aliphatic rings. The number of nitrogens with zero attached hydrogens (tertiary/aromatic N) is 1. The normalized spacial score (nSPS) is 29.5. The van der Waals surface area contributed by atoms with Crippen LogP contribution in [0.3, 0.4) is 0 Å². The molecule has 1 N–H and O–H groups in total. The molecule has 3 rings (SSSR count). The van der Waals surface area contributed by atoms with Crippen LogP contribution in [0.4, 0.5) is 0 Å². The number of benzene rings is 1. The molecule has 0 bridgehead atoms. The Morgan fingerprint density at radius 3 is 2.86 bits per heavy atom. The van der Waals surface area contributed by atoms with Gasteiger partial charge in [-0.05, 0) is 38.0 Å². The van der Waals surface area contributed by atoms with Crippen LogP contribution >= 0.6 is 11.6 Å². The van der Waals surface area contributed by atoms with Gasteiger partial charge in [-0.2, -0.15) is 0 Å². The van der Waals surface area contributed by atoms with Gasteiger partial charge in [0.2, 0.25) is 10.0 Å². The molecule has 0 amide bonds. The van der Waals surface area contributed by atoms with Crippen LogP contribution < -0.4 is 4.72 Å². The lowest BCUT2D eigenvalue weighted by atomic mass is 10.2. The van der Waals surface area contributed by atoms with Crippen LogP contribution in [-0.4, -0.2) is 51.2 Å². The molecule has 122 valence electrons. The molecule has 2 saturated heterocycles. The highest BCUT2D eigenvalue weighted by Crippen LogP contribution is 2.25. The Labute approximate surface area is 136 Å². The number of fused-ring (bicyclic) bond motifs is 1. The lowest BCUT2D eigenvalue weighted by Crippen LogP contribution is -2.45. The first-order valence-corrected chi connectivity index (χ1v) is 9.35. The van der Waals surface area contributed by atoms with E-state index in [9.17, 15) is 8.42 Å². The summed E-state index contributed by atoms with van der Waals surface area (Å²) in [6, 6.07) is 5.06. The molecule has 2 fully saturated rings. The molecule has 0 unspecified atom stereocenters. The third-order valence-corrected chi connectivity index (χ3v) is 6.29. The molecule has 1 aromatic carbocycles. The maximum atomic E-state index is 12.5. The Kier molecular flexibility index (Phi) is 4.49. The number of sulfonamides is 1. The van der Waals surface area contributed by atoms with Crippen LogP contribution in [0, 0.1) is 6.92 Å². The summed E-state index contributed by atoms with van der Waals surface area (Å²) in [5, 5.41) is 0.467. The Balaban J connectivity index is 1.71.